The van der Waals surface area contributed by atoms with Gasteiger partial charge in [-0.1, -0.05) is 24.6 Å². The number of thiophene rings is 1. The fourth-order valence-electron chi connectivity index (χ4n) is 7.14. The van der Waals surface area contributed by atoms with E-state index in [1.54, 1.807) is 22.3 Å². The number of hydrogen-bond donors (Lipinski definition) is 2. The van der Waals surface area contributed by atoms with Gasteiger partial charge in [-0.2, -0.15) is 0 Å². The number of piperidine rings is 2. The van der Waals surface area contributed by atoms with E-state index in [2.05, 4.69) is 10.2 Å². The Morgan fingerprint density at radius 1 is 1.05 bits per heavy atom. The average Bonchev–Trinajstić information content (AvgIpc) is 3.74. The number of hydrogen-bond acceptors (Lipinski definition) is 7. The normalized spacial score (nSPS) is 20.9. The lowest BCUT2D eigenvalue weighted by atomic mass is 9.99. The molecule has 5 heterocycles. The van der Waals surface area contributed by atoms with Crippen LogP contribution < -0.4 is 11.1 Å². The first-order chi connectivity index (χ1) is 21.3. The molecule has 1 aromatic heterocycles. The van der Waals surface area contributed by atoms with E-state index in [-0.39, 0.29) is 24.4 Å². The molecule has 4 aliphatic rings. The predicted molar refractivity (Wildman–Crippen MR) is 173 cm³/mol. The van der Waals surface area contributed by atoms with Crippen molar-refractivity contribution < 1.29 is 19.1 Å². The lowest BCUT2D eigenvalue weighted by Crippen LogP contribution is -2.52. The Morgan fingerprint density at radius 3 is 2.43 bits per heavy atom. The summed E-state index contributed by atoms with van der Waals surface area (Å²) in [6.45, 7) is 7.12. The zero-order valence-corrected chi connectivity index (χ0v) is 27.0. The van der Waals surface area contributed by atoms with Crippen molar-refractivity contribution in [2.45, 2.75) is 83.0 Å². The first kappa shape index (κ1) is 31.0. The van der Waals surface area contributed by atoms with Gasteiger partial charge in [0.15, 0.2) is 6.10 Å². The fraction of sp³-hybridized carbons (Fsp3) is 0.594. The van der Waals surface area contributed by atoms with Crippen LogP contribution in [0.1, 0.15) is 61.5 Å². The Bertz CT molecular complexity index is 1360. The van der Waals surface area contributed by atoms with Crippen LogP contribution in [0, 0.1) is 0 Å². The van der Waals surface area contributed by atoms with Gasteiger partial charge in [0.2, 0.25) is 0 Å². The molecular formula is C32H43ClN6O4S. The van der Waals surface area contributed by atoms with Crippen LogP contribution in [-0.2, 0) is 28.9 Å². The third-order valence-corrected chi connectivity index (χ3v) is 11.0. The van der Waals surface area contributed by atoms with Crippen molar-refractivity contribution >= 4 is 52.3 Å². The van der Waals surface area contributed by atoms with E-state index >= 15 is 0 Å². The molecule has 44 heavy (non-hydrogen) atoms. The summed E-state index contributed by atoms with van der Waals surface area (Å²) in [6.07, 6.45) is 5.16. The number of nitrogens with one attached hydrogen (secondary N) is 1. The number of carbonyl (C=O) groups is 3. The molecule has 3 N–H and O–H groups in total. The standard InChI is InChI=1S/C32H43ClN6O4S/c1-2-22-17-21(18-25(33)29(22)34)19-27(30(40)37-12-5-23(6-13-37)36-10-3-4-11-36)43-32(42)38-14-7-24(8-15-38)39-20-28-26(9-16-44-28)35-31(39)41/h9,16-18,23-24,27H,2-8,10-15,19-20,34H2,1H3,(H,35,41)/t27-/m1/s1. The van der Waals surface area contributed by atoms with Crippen molar-refractivity contribution in [2.75, 3.05) is 50.3 Å². The lowest BCUT2D eigenvalue weighted by molar-refractivity contribution is -0.142. The SMILES string of the molecule is CCc1cc(C[C@@H](OC(=O)N2CCC(N3Cc4sccc4NC3=O)CC2)C(=O)N2CCC(N3CCCC3)CC2)cc(Cl)c1N. The van der Waals surface area contributed by atoms with Gasteiger partial charge in [0.05, 0.1) is 22.9 Å². The summed E-state index contributed by atoms with van der Waals surface area (Å²) < 4.78 is 6.04. The van der Waals surface area contributed by atoms with Gasteiger partial charge in [-0.3, -0.25) is 4.79 Å². The summed E-state index contributed by atoms with van der Waals surface area (Å²) in [6, 6.07) is 6.13. The van der Waals surface area contributed by atoms with Crippen LogP contribution in [0.15, 0.2) is 23.6 Å². The topological polar surface area (TPSA) is 111 Å². The van der Waals surface area contributed by atoms with Gasteiger partial charge >= 0.3 is 12.1 Å². The maximum atomic E-state index is 13.9. The quantitative estimate of drug-likeness (QED) is 0.402. The fourth-order valence-corrected chi connectivity index (χ4v) is 8.23. The van der Waals surface area contributed by atoms with E-state index in [1.165, 1.54) is 12.8 Å². The molecule has 4 amide bonds. The minimum Gasteiger partial charge on any atom is -0.436 e. The number of ether oxygens (including phenoxy) is 1. The Hall–Kier alpha value is -3.02. The number of halogens is 1. The van der Waals surface area contributed by atoms with Crippen molar-refractivity contribution in [3.63, 3.8) is 0 Å². The molecule has 0 bridgehead atoms. The third-order valence-electron chi connectivity index (χ3n) is 9.75. The summed E-state index contributed by atoms with van der Waals surface area (Å²) >= 11 is 8.09. The molecule has 0 saturated carbocycles. The van der Waals surface area contributed by atoms with Gasteiger partial charge < -0.3 is 35.4 Å². The monoisotopic (exact) mass is 642 g/mol. The van der Waals surface area contributed by atoms with Gasteiger partial charge in [-0.15, -0.1) is 11.3 Å². The van der Waals surface area contributed by atoms with E-state index in [4.69, 9.17) is 22.1 Å². The predicted octanol–water partition coefficient (Wildman–Crippen LogP) is 5.19. The van der Waals surface area contributed by atoms with E-state index in [9.17, 15) is 14.4 Å². The Morgan fingerprint density at radius 2 is 1.73 bits per heavy atom. The first-order valence-corrected chi connectivity index (χ1v) is 17.3. The largest absolute Gasteiger partial charge is 0.436 e. The summed E-state index contributed by atoms with van der Waals surface area (Å²) in [7, 11) is 0. The maximum Gasteiger partial charge on any atom is 0.410 e. The summed E-state index contributed by atoms with van der Waals surface area (Å²) in [5, 5.41) is 5.41. The molecule has 3 saturated heterocycles. The van der Waals surface area contributed by atoms with Crippen LogP contribution in [-0.4, -0.2) is 95.1 Å². The molecule has 12 heteroatoms. The van der Waals surface area contributed by atoms with Crippen LogP contribution in [0.2, 0.25) is 5.02 Å². The number of amides is 4. The average molecular weight is 643 g/mol. The molecule has 1 atom stereocenters. The molecule has 4 aliphatic heterocycles. The number of nitrogen functional groups attached to an aromatic ring is 1. The number of rotatable bonds is 7. The number of carbonyl (C=O) groups excluding carboxylic acids is 3. The first-order valence-electron chi connectivity index (χ1n) is 16.0. The van der Waals surface area contributed by atoms with Crippen LogP contribution in [0.3, 0.4) is 0 Å². The van der Waals surface area contributed by atoms with Crippen LogP contribution >= 0.6 is 22.9 Å². The van der Waals surface area contributed by atoms with Gasteiger partial charge in [0, 0.05) is 49.6 Å². The zero-order valence-electron chi connectivity index (χ0n) is 25.4. The molecule has 238 valence electrons. The van der Waals surface area contributed by atoms with Crippen molar-refractivity contribution in [3.8, 4) is 0 Å². The van der Waals surface area contributed by atoms with Gasteiger partial charge in [-0.25, -0.2) is 9.59 Å². The number of aryl methyl sites for hydroxylation is 1. The number of nitrogens with zero attached hydrogens (tertiary/aromatic N) is 4. The molecule has 2 aromatic rings. The second kappa shape index (κ2) is 13.5. The Kier molecular flexibility index (Phi) is 9.53. The minimum absolute atomic E-state index is 0.0352. The second-order valence-corrected chi connectivity index (χ2v) is 13.8. The van der Waals surface area contributed by atoms with E-state index in [0.29, 0.717) is 68.7 Å². The maximum absolute atomic E-state index is 13.9. The number of nitrogens with two attached hydrogens (primary N) is 1. The smallest absolute Gasteiger partial charge is 0.410 e. The summed E-state index contributed by atoms with van der Waals surface area (Å²) in [4.78, 5) is 49.3. The van der Waals surface area contributed by atoms with Crippen molar-refractivity contribution in [1.29, 1.82) is 0 Å². The Balaban J connectivity index is 1.11. The molecular weight excluding hydrogens is 600 g/mol. The molecule has 0 unspecified atom stereocenters. The van der Waals surface area contributed by atoms with Crippen LogP contribution in [0.4, 0.5) is 21.0 Å². The van der Waals surface area contributed by atoms with Crippen LogP contribution in [0.5, 0.6) is 0 Å². The van der Waals surface area contributed by atoms with Gasteiger partial charge in [-0.05, 0) is 86.7 Å². The van der Waals surface area contributed by atoms with E-state index < -0.39 is 12.2 Å². The molecule has 10 nitrogen and oxygen atoms in total. The molecule has 1 aromatic carbocycles. The highest BCUT2D eigenvalue weighted by Crippen LogP contribution is 2.32. The Labute approximate surface area is 268 Å². The number of likely N-dealkylation sites (tertiary alicyclic amines) is 3. The molecule has 0 spiro atoms. The van der Waals surface area contributed by atoms with Gasteiger partial charge in [0.1, 0.15) is 0 Å². The van der Waals surface area contributed by atoms with Crippen LogP contribution in [0.25, 0.3) is 0 Å². The second-order valence-electron chi connectivity index (χ2n) is 12.4. The highest BCUT2D eigenvalue weighted by Gasteiger charge is 2.37. The number of benzene rings is 1. The summed E-state index contributed by atoms with van der Waals surface area (Å²) in [5.74, 6) is -0.157. The molecule has 0 aliphatic carbocycles. The molecule has 3 fully saturated rings. The van der Waals surface area contributed by atoms with Crippen molar-refractivity contribution in [3.05, 3.63) is 44.6 Å². The summed E-state index contributed by atoms with van der Waals surface area (Å²) in [5.41, 5.74) is 9.34. The molecule has 6 rings (SSSR count). The number of urea groups is 1. The minimum atomic E-state index is -0.960. The zero-order chi connectivity index (χ0) is 30.8. The number of fused-ring (bicyclic) bond motifs is 1. The van der Waals surface area contributed by atoms with Gasteiger partial charge in [0.25, 0.3) is 5.91 Å². The highest BCUT2D eigenvalue weighted by atomic mass is 35.5. The van der Waals surface area contributed by atoms with E-state index in [1.807, 2.05) is 34.2 Å². The molecule has 0 radical (unpaired) electrons. The van der Waals surface area contributed by atoms with Crippen molar-refractivity contribution in [1.82, 2.24) is 19.6 Å². The van der Waals surface area contributed by atoms with E-state index in [0.717, 1.165) is 47.6 Å². The van der Waals surface area contributed by atoms with Crippen molar-refractivity contribution in [2.24, 2.45) is 0 Å². The number of anilines is 2. The highest BCUT2D eigenvalue weighted by molar-refractivity contribution is 7.10. The third kappa shape index (κ3) is 6.65. The lowest BCUT2D eigenvalue weighted by Gasteiger charge is -2.40.